The SMILES string of the molecule is O=C(CC(CN1CCCCC1)C(=O)O)Nc1ccc(Cl)nc1. The average Bonchev–Trinajstić information content (AvgIpc) is 2.50. The molecule has 1 atom stereocenters. The Hall–Kier alpha value is -1.66. The first-order valence-electron chi connectivity index (χ1n) is 7.41. The van der Waals surface area contributed by atoms with Gasteiger partial charge >= 0.3 is 5.97 Å². The lowest BCUT2D eigenvalue weighted by molar-refractivity contribution is -0.144. The van der Waals surface area contributed by atoms with Crippen molar-refractivity contribution in [2.75, 3.05) is 25.0 Å². The molecule has 120 valence electrons. The minimum atomic E-state index is -0.935. The normalized spacial score (nSPS) is 17.0. The number of carboxylic acid groups (broad SMARTS) is 1. The van der Waals surface area contributed by atoms with E-state index in [4.69, 9.17) is 11.6 Å². The van der Waals surface area contributed by atoms with Crippen LogP contribution in [0.4, 0.5) is 5.69 Å². The average molecular weight is 326 g/mol. The fraction of sp³-hybridized carbons (Fsp3) is 0.533. The van der Waals surface area contributed by atoms with E-state index in [0.29, 0.717) is 17.4 Å². The summed E-state index contributed by atoms with van der Waals surface area (Å²) in [7, 11) is 0. The Morgan fingerprint density at radius 1 is 1.32 bits per heavy atom. The van der Waals surface area contributed by atoms with Gasteiger partial charge in [-0.25, -0.2) is 4.98 Å². The summed E-state index contributed by atoms with van der Waals surface area (Å²) in [5, 5.41) is 12.3. The lowest BCUT2D eigenvalue weighted by Gasteiger charge is -2.28. The summed E-state index contributed by atoms with van der Waals surface area (Å²) in [6.07, 6.45) is 4.78. The van der Waals surface area contributed by atoms with Crippen molar-refractivity contribution in [1.82, 2.24) is 9.88 Å². The van der Waals surface area contributed by atoms with Crippen LogP contribution in [0.15, 0.2) is 18.3 Å². The topological polar surface area (TPSA) is 82.5 Å². The van der Waals surface area contributed by atoms with Gasteiger partial charge in [0.25, 0.3) is 0 Å². The first-order valence-corrected chi connectivity index (χ1v) is 7.79. The molecule has 0 bridgehead atoms. The highest BCUT2D eigenvalue weighted by Gasteiger charge is 2.25. The molecule has 1 fully saturated rings. The smallest absolute Gasteiger partial charge is 0.308 e. The van der Waals surface area contributed by atoms with Crippen molar-refractivity contribution < 1.29 is 14.7 Å². The van der Waals surface area contributed by atoms with Crippen molar-refractivity contribution in [2.45, 2.75) is 25.7 Å². The summed E-state index contributed by atoms with van der Waals surface area (Å²) in [6, 6.07) is 3.20. The molecule has 0 aliphatic carbocycles. The first-order chi connectivity index (χ1) is 10.5. The van der Waals surface area contributed by atoms with Crippen LogP contribution in [0.5, 0.6) is 0 Å². The van der Waals surface area contributed by atoms with Crippen molar-refractivity contribution in [3.05, 3.63) is 23.5 Å². The van der Waals surface area contributed by atoms with Crippen LogP contribution in [0, 0.1) is 5.92 Å². The molecule has 6 nitrogen and oxygen atoms in total. The highest BCUT2D eigenvalue weighted by Crippen LogP contribution is 2.15. The lowest BCUT2D eigenvalue weighted by atomic mass is 10.0. The number of piperidine rings is 1. The number of nitrogens with one attached hydrogen (secondary N) is 1. The number of hydrogen-bond acceptors (Lipinski definition) is 4. The van der Waals surface area contributed by atoms with Crippen molar-refractivity contribution >= 4 is 29.2 Å². The number of carbonyl (C=O) groups is 2. The van der Waals surface area contributed by atoms with Gasteiger partial charge in [-0.1, -0.05) is 18.0 Å². The van der Waals surface area contributed by atoms with Crippen LogP contribution in [0.3, 0.4) is 0 Å². The molecule has 1 unspecified atom stereocenters. The van der Waals surface area contributed by atoms with E-state index in [2.05, 4.69) is 15.2 Å². The van der Waals surface area contributed by atoms with E-state index in [1.807, 2.05) is 0 Å². The summed E-state index contributed by atoms with van der Waals surface area (Å²) in [4.78, 5) is 29.4. The molecule has 1 saturated heterocycles. The Morgan fingerprint density at radius 2 is 2.05 bits per heavy atom. The molecule has 2 N–H and O–H groups in total. The Bertz CT molecular complexity index is 515. The zero-order valence-electron chi connectivity index (χ0n) is 12.3. The van der Waals surface area contributed by atoms with E-state index in [1.165, 1.54) is 12.6 Å². The third-order valence-corrected chi connectivity index (χ3v) is 3.94. The summed E-state index contributed by atoms with van der Waals surface area (Å²) in [5.41, 5.74) is 0.511. The van der Waals surface area contributed by atoms with E-state index >= 15 is 0 Å². The number of carbonyl (C=O) groups excluding carboxylic acids is 1. The van der Waals surface area contributed by atoms with Crippen LogP contribution in [0.2, 0.25) is 5.15 Å². The van der Waals surface area contributed by atoms with Crippen molar-refractivity contribution in [1.29, 1.82) is 0 Å². The van der Waals surface area contributed by atoms with Gasteiger partial charge in [0.15, 0.2) is 0 Å². The van der Waals surface area contributed by atoms with E-state index in [-0.39, 0.29) is 12.3 Å². The number of aromatic nitrogens is 1. The number of rotatable bonds is 6. The highest BCUT2D eigenvalue weighted by molar-refractivity contribution is 6.29. The molecule has 1 aromatic heterocycles. The fourth-order valence-electron chi connectivity index (χ4n) is 2.57. The largest absolute Gasteiger partial charge is 0.481 e. The number of anilines is 1. The maximum atomic E-state index is 12.0. The van der Waals surface area contributed by atoms with Gasteiger partial charge in [-0.2, -0.15) is 0 Å². The molecule has 2 rings (SSSR count). The van der Waals surface area contributed by atoms with Gasteiger partial charge in [-0.15, -0.1) is 0 Å². The van der Waals surface area contributed by atoms with E-state index in [0.717, 1.165) is 25.9 Å². The van der Waals surface area contributed by atoms with Gasteiger partial charge < -0.3 is 15.3 Å². The number of nitrogens with zero attached hydrogens (tertiary/aromatic N) is 2. The maximum absolute atomic E-state index is 12.0. The van der Waals surface area contributed by atoms with Crippen molar-refractivity contribution in [2.24, 2.45) is 5.92 Å². The number of hydrogen-bond donors (Lipinski definition) is 2. The molecular weight excluding hydrogens is 306 g/mol. The molecule has 2 heterocycles. The van der Waals surface area contributed by atoms with E-state index in [1.54, 1.807) is 12.1 Å². The number of pyridine rings is 1. The molecule has 1 aliphatic rings. The molecule has 7 heteroatoms. The molecule has 22 heavy (non-hydrogen) atoms. The van der Waals surface area contributed by atoms with Gasteiger partial charge in [-0.3, -0.25) is 9.59 Å². The zero-order chi connectivity index (χ0) is 15.9. The number of likely N-dealkylation sites (tertiary alicyclic amines) is 1. The minimum Gasteiger partial charge on any atom is -0.481 e. The lowest BCUT2D eigenvalue weighted by Crippen LogP contribution is -2.38. The summed E-state index contributed by atoms with van der Waals surface area (Å²) in [5.74, 6) is -1.96. The second kappa shape index (κ2) is 8.10. The predicted molar refractivity (Wildman–Crippen MR) is 83.9 cm³/mol. The third kappa shape index (κ3) is 5.27. The molecular formula is C15H20ClN3O3. The van der Waals surface area contributed by atoms with Crippen LogP contribution in [0.25, 0.3) is 0 Å². The standard InChI is InChI=1S/C15H20ClN3O3/c16-13-5-4-12(9-17-13)18-14(20)8-11(15(21)22)10-19-6-2-1-3-7-19/h4-5,9,11H,1-3,6-8,10H2,(H,18,20)(H,21,22). The monoisotopic (exact) mass is 325 g/mol. The predicted octanol–water partition coefficient (Wildman–Crippen LogP) is 2.25. The minimum absolute atomic E-state index is 0.0472. The highest BCUT2D eigenvalue weighted by atomic mass is 35.5. The number of carboxylic acids is 1. The molecule has 0 saturated carbocycles. The maximum Gasteiger partial charge on any atom is 0.308 e. The van der Waals surface area contributed by atoms with Gasteiger partial charge in [0.05, 0.1) is 17.8 Å². The van der Waals surface area contributed by atoms with Crippen LogP contribution in [0.1, 0.15) is 25.7 Å². The Kier molecular flexibility index (Phi) is 6.15. The third-order valence-electron chi connectivity index (χ3n) is 3.72. The van der Waals surface area contributed by atoms with Crippen LogP contribution in [-0.2, 0) is 9.59 Å². The van der Waals surface area contributed by atoms with Gasteiger partial charge in [0, 0.05) is 13.0 Å². The van der Waals surface area contributed by atoms with Gasteiger partial charge in [0.1, 0.15) is 5.15 Å². The van der Waals surface area contributed by atoms with Gasteiger partial charge in [0.2, 0.25) is 5.91 Å². The number of amides is 1. The van der Waals surface area contributed by atoms with Crippen LogP contribution < -0.4 is 5.32 Å². The second-order valence-electron chi connectivity index (χ2n) is 5.52. The molecule has 0 spiro atoms. The van der Waals surface area contributed by atoms with Crippen LogP contribution in [-0.4, -0.2) is 46.5 Å². The number of aliphatic carboxylic acids is 1. The van der Waals surface area contributed by atoms with Crippen LogP contribution >= 0.6 is 11.6 Å². The molecule has 1 aromatic rings. The molecule has 0 aromatic carbocycles. The molecule has 0 radical (unpaired) electrons. The Labute approximate surface area is 134 Å². The Balaban J connectivity index is 1.87. The fourth-order valence-corrected chi connectivity index (χ4v) is 2.68. The van der Waals surface area contributed by atoms with Crippen molar-refractivity contribution in [3.8, 4) is 0 Å². The number of halogens is 1. The summed E-state index contributed by atoms with van der Waals surface area (Å²) < 4.78 is 0. The Morgan fingerprint density at radius 3 is 2.64 bits per heavy atom. The first kappa shape index (κ1) is 16.7. The second-order valence-corrected chi connectivity index (χ2v) is 5.91. The summed E-state index contributed by atoms with van der Waals surface area (Å²) in [6.45, 7) is 2.24. The van der Waals surface area contributed by atoms with E-state index in [9.17, 15) is 14.7 Å². The van der Waals surface area contributed by atoms with Crippen molar-refractivity contribution in [3.63, 3.8) is 0 Å². The van der Waals surface area contributed by atoms with Gasteiger partial charge in [-0.05, 0) is 38.1 Å². The molecule has 1 amide bonds. The quantitative estimate of drug-likeness (QED) is 0.784. The summed E-state index contributed by atoms with van der Waals surface area (Å²) >= 11 is 5.68. The van der Waals surface area contributed by atoms with E-state index < -0.39 is 11.9 Å². The molecule has 1 aliphatic heterocycles. The zero-order valence-corrected chi connectivity index (χ0v) is 13.1.